The molecule has 4 nitrogen and oxygen atoms in total. The molecule has 0 saturated carbocycles. The molecule has 0 amide bonds. The summed E-state index contributed by atoms with van der Waals surface area (Å²) in [4.78, 5) is 16.2. The van der Waals surface area contributed by atoms with Gasteiger partial charge in [0.05, 0.1) is 30.7 Å². The highest BCUT2D eigenvalue weighted by Crippen LogP contribution is 2.42. The molecule has 1 aliphatic rings. The first kappa shape index (κ1) is 13.8. The number of hydrogen-bond donors (Lipinski definition) is 0. The first-order valence-electron chi connectivity index (χ1n) is 6.89. The summed E-state index contributed by atoms with van der Waals surface area (Å²) in [7, 11) is 0. The molecule has 1 aliphatic heterocycles. The van der Waals surface area contributed by atoms with Crippen molar-refractivity contribution in [2.75, 3.05) is 0 Å². The quantitative estimate of drug-likeness (QED) is 0.796. The first-order valence-corrected chi connectivity index (χ1v) is 6.89. The Labute approximate surface area is 122 Å². The monoisotopic (exact) mass is 288 g/mol. The third-order valence-electron chi connectivity index (χ3n) is 3.44. The predicted octanol–water partition coefficient (Wildman–Crippen LogP) is 3.32. The van der Waals surface area contributed by atoms with Crippen LogP contribution in [0.2, 0.25) is 0 Å². The molecule has 1 unspecified atom stereocenters. The van der Waals surface area contributed by atoms with E-state index in [9.17, 15) is 9.18 Å². The molecule has 2 aromatic rings. The van der Waals surface area contributed by atoms with Gasteiger partial charge in [-0.1, -0.05) is 12.1 Å². The van der Waals surface area contributed by atoms with E-state index in [1.165, 1.54) is 6.07 Å². The molecule has 0 aliphatic carbocycles. The van der Waals surface area contributed by atoms with Crippen LogP contribution in [0, 0.1) is 5.82 Å². The second-order valence-electron chi connectivity index (χ2n) is 6.19. The third kappa shape index (κ3) is 2.44. The lowest BCUT2D eigenvalue weighted by Crippen LogP contribution is -2.25. The van der Waals surface area contributed by atoms with Crippen LogP contribution in [0.15, 0.2) is 30.7 Å². The molecule has 1 atom stereocenters. The van der Waals surface area contributed by atoms with E-state index in [0.717, 1.165) is 11.3 Å². The second kappa shape index (κ2) is 4.69. The van der Waals surface area contributed by atoms with Gasteiger partial charge in [0.2, 0.25) is 0 Å². The Morgan fingerprint density at radius 1 is 1.43 bits per heavy atom. The van der Waals surface area contributed by atoms with E-state index in [1.54, 1.807) is 18.6 Å². The highest BCUT2D eigenvalue weighted by molar-refractivity contribution is 5.75. The maximum Gasteiger partial charge on any atom is 0.308 e. The number of nitrogens with zero attached hydrogens (tertiary/aromatic N) is 2. The van der Waals surface area contributed by atoms with Gasteiger partial charge >= 0.3 is 5.97 Å². The topological polar surface area (TPSA) is 44.1 Å². The van der Waals surface area contributed by atoms with Crippen LogP contribution in [-0.2, 0) is 9.53 Å². The van der Waals surface area contributed by atoms with E-state index in [-0.39, 0.29) is 18.2 Å². The van der Waals surface area contributed by atoms with E-state index in [4.69, 9.17) is 4.74 Å². The number of ether oxygens (including phenoxy) is 1. The Morgan fingerprint density at radius 3 is 2.90 bits per heavy atom. The SMILES string of the molecule is CC(C)(C)OC(=O)CC1c2c(F)cccc2-c2cncn21. The number of carbonyl (C=O) groups is 1. The van der Waals surface area contributed by atoms with Gasteiger partial charge in [0, 0.05) is 11.1 Å². The zero-order chi connectivity index (χ0) is 15.2. The molecule has 0 radical (unpaired) electrons. The average molecular weight is 288 g/mol. The van der Waals surface area contributed by atoms with Gasteiger partial charge in [0.15, 0.2) is 0 Å². The van der Waals surface area contributed by atoms with Gasteiger partial charge in [-0.2, -0.15) is 0 Å². The minimum atomic E-state index is -0.550. The molecule has 0 N–H and O–H groups in total. The van der Waals surface area contributed by atoms with Crippen LogP contribution in [0.5, 0.6) is 0 Å². The first-order chi connectivity index (χ1) is 9.87. The van der Waals surface area contributed by atoms with Crippen molar-refractivity contribution < 1.29 is 13.9 Å². The largest absolute Gasteiger partial charge is 0.460 e. The normalized spacial score (nSPS) is 16.5. The second-order valence-corrected chi connectivity index (χ2v) is 6.19. The zero-order valence-corrected chi connectivity index (χ0v) is 12.3. The molecule has 0 spiro atoms. The molecule has 0 bridgehead atoms. The van der Waals surface area contributed by atoms with E-state index in [2.05, 4.69) is 4.98 Å². The molecule has 1 aromatic carbocycles. The van der Waals surface area contributed by atoms with Gasteiger partial charge < -0.3 is 9.30 Å². The Bertz CT molecular complexity index is 701. The van der Waals surface area contributed by atoms with E-state index >= 15 is 0 Å². The molecule has 3 rings (SSSR count). The predicted molar refractivity (Wildman–Crippen MR) is 76.2 cm³/mol. The standard InChI is InChI=1S/C16H17FN2O2/c1-16(2,3)21-14(20)7-12-15-10(5-4-6-11(15)17)13-8-18-9-19(12)13/h4-6,8-9,12H,7H2,1-3H3. The van der Waals surface area contributed by atoms with E-state index in [0.29, 0.717) is 5.56 Å². The minimum Gasteiger partial charge on any atom is -0.460 e. The Balaban J connectivity index is 1.95. The summed E-state index contributed by atoms with van der Waals surface area (Å²) in [6, 6.07) is 4.54. The highest BCUT2D eigenvalue weighted by atomic mass is 19.1. The summed E-state index contributed by atoms with van der Waals surface area (Å²) in [6.45, 7) is 5.45. The van der Waals surface area contributed by atoms with Gasteiger partial charge in [-0.25, -0.2) is 9.37 Å². The highest BCUT2D eigenvalue weighted by Gasteiger charge is 2.33. The van der Waals surface area contributed by atoms with Crippen molar-refractivity contribution in [3.63, 3.8) is 0 Å². The molecule has 0 fully saturated rings. The van der Waals surface area contributed by atoms with Crippen molar-refractivity contribution in [3.8, 4) is 11.3 Å². The smallest absolute Gasteiger partial charge is 0.308 e. The summed E-state index contributed by atoms with van der Waals surface area (Å²) in [6.07, 6.45) is 3.41. The minimum absolute atomic E-state index is 0.0918. The van der Waals surface area contributed by atoms with Gasteiger partial charge in [-0.05, 0) is 26.8 Å². The summed E-state index contributed by atoms with van der Waals surface area (Å²) < 4.78 is 21.4. The maximum absolute atomic E-state index is 14.2. The Hall–Kier alpha value is -2.17. The molecule has 110 valence electrons. The van der Waals surface area contributed by atoms with Crippen LogP contribution in [0.3, 0.4) is 0 Å². The summed E-state index contributed by atoms with van der Waals surface area (Å²) in [5, 5.41) is 0. The van der Waals surface area contributed by atoms with Crippen molar-refractivity contribution in [2.24, 2.45) is 0 Å². The fourth-order valence-electron chi connectivity index (χ4n) is 2.74. The number of imidazole rings is 1. The van der Waals surface area contributed by atoms with Gasteiger partial charge in [0.1, 0.15) is 11.4 Å². The van der Waals surface area contributed by atoms with Crippen LogP contribution in [0.25, 0.3) is 11.3 Å². The van der Waals surface area contributed by atoms with Crippen molar-refractivity contribution in [3.05, 3.63) is 42.1 Å². The van der Waals surface area contributed by atoms with Crippen molar-refractivity contribution in [2.45, 2.75) is 38.8 Å². The van der Waals surface area contributed by atoms with Crippen molar-refractivity contribution in [1.82, 2.24) is 9.55 Å². The van der Waals surface area contributed by atoms with Crippen molar-refractivity contribution in [1.29, 1.82) is 0 Å². The Kier molecular flexibility index (Phi) is 3.08. The van der Waals surface area contributed by atoms with Crippen LogP contribution >= 0.6 is 0 Å². The fraction of sp³-hybridized carbons (Fsp3) is 0.375. The molecular weight excluding hydrogens is 271 g/mol. The number of fused-ring (bicyclic) bond motifs is 3. The summed E-state index contributed by atoms with van der Waals surface area (Å²) in [5.41, 5.74) is 1.62. The molecule has 0 saturated heterocycles. The number of aromatic nitrogens is 2. The lowest BCUT2D eigenvalue weighted by atomic mass is 10.00. The lowest BCUT2D eigenvalue weighted by Gasteiger charge is -2.21. The Morgan fingerprint density at radius 2 is 2.19 bits per heavy atom. The number of carbonyl (C=O) groups excluding carboxylic acids is 1. The van der Waals surface area contributed by atoms with Gasteiger partial charge in [0.25, 0.3) is 0 Å². The molecule has 2 heterocycles. The molecule has 1 aromatic heterocycles. The van der Waals surface area contributed by atoms with Crippen molar-refractivity contribution >= 4 is 5.97 Å². The van der Waals surface area contributed by atoms with Gasteiger partial charge in [-0.15, -0.1) is 0 Å². The molecule has 5 heteroatoms. The number of hydrogen-bond acceptors (Lipinski definition) is 3. The van der Waals surface area contributed by atoms with Crippen LogP contribution in [0.4, 0.5) is 4.39 Å². The number of halogens is 1. The number of rotatable bonds is 2. The third-order valence-corrected chi connectivity index (χ3v) is 3.44. The van der Waals surface area contributed by atoms with Crippen LogP contribution in [0.1, 0.15) is 38.8 Å². The number of esters is 1. The summed E-state index contributed by atoms with van der Waals surface area (Å²) in [5.74, 6) is -0.645. The number of benzene rings is 1. The lowest BCUT2D eigenvalue weighted by molar-refractivity contribution is -0.155. The fourth-order valence-corrected chi connectivity index (χ4v) is 2.74. The molecular formula is C16H17FN2O2. The summed E-state index contributed by atoms with van der Waals surface area (Å²) >= 11 is 0. The van der Waals surface area contributed by atoms with E-state index in [1.807, 2.05) is 31.4 Å². The maximum atomic E-state index is 14.2. The van der Waals surface area contributed by atoms with E-state index < -0.39 is 11.6 Å². The average Bonchev–Trinajstić information content (AvgIpc) is 2.91. The molecule has 21 heavy (non-hydrogen) atoms. The zero-order valence-electron chi connectivity index (χ0n) is 12.3. The van der Waals surface area contributed by atoms with Crippen LogP contribution in [-0.4, -0.2) is 21.1 Å². The van der Waals surface area contributed by atoms with Gasteiger partial charge in [-0.3, -0.25) is 4.79 Å². The van der Waals surface area contributed by atoms with Crippen LogP contribution < -0.4 is 0 Å².